The van der Waals surface area contributed by atoms with Gasteiger partial charge in [-0.05, 0) is 29.2 Å². The molecule has 0 bridgehead atoms. The van der Waals surface area contributed by atoms with Crippen LogP contribution in [0.1, 0.15) is 18.1 Å². The van der Waals surface area contributed by atoms with Crippen LogP contribution in [0.2, 0.25) is 0 Å². The summed E-state index contributed by atoms with van der Waals surface area (Å²) in [5.74, 6) is 0.813. The Morgan fingerprint density at radius 2 is 1.88 bits per heavy atom. The van der Waals surface area contributed by atoms with E-state index in [1.165, 1.54) is 5.56 Å². The van der Waals surface area contributed by atoms with Gasteiger partial charge in [-0.3, -0.25) is 4.99 Å². The Kier molecular flexibility index (Phi) is 11.8. The first-order valence-electron chi connectivity index (χ1n) is 10.8. The number of benzene rings is 2. The van der Waals surface area contributed by atoms with Gasteiger partial charge in [0.15, 0.2) is 5.96 Å². The van der Waals surface area contributed by atoms with Crippen LogP contribution in [0.15, 0.2) is 53.5 Å². The molecule has 1 atom stereocenters. The summed E-state index contributed by atoms with van der Waals surface area (Å²) in [6, 6.07) is 15.5. The molecule has 2 N–H and O–H groups in total. The second kappa shape index (κ2) is 14.3. The predicted octanol–water partition coefficient (Wildman–Crippen LogP) is 3.80. The van der Waals surface area contributed by atoms with Gasteiger partial charge in [0.25, 0.3) is 0 Å². The Bertz CT molecular complexity index is 832. The van der Waals surface area contributed by atoms with Crippen molar-refractivity contribution < 1.29 is 13.9 Å². The third-order valence-corrected chi connectivity index (χ3v) is 5.18. The molecule has 1 aliphatic rings. The van der Waals surface area contributed by atoms with E-state index in [0.29, 0.717) is 50.5 Å². The second-order valence-electron chi connectivity index (χ2n) is 7.80. The van der Waals surface area contributed by atoms with E-state index in [9.17, 15) is 4.39 Å². The van der Waals surface area contributed by atoms with Crippen molar-refractivity contribution in [3.63, 3.8) is 0 Å². The molecule has 1 aliphatic heterocycles. The minimum absolute atomic E-state index is 0. The van der Waals surface area contributed by atoms with Crippen LogP contribution in [0.5, 0.6) is 0 Å². The lowest BCUT2D eigenvalue weighted by molar-refractivity contribution is 0.0931. The van der Waals surface area contributed by atoms with Gasteiger partial charge < -0.3 is 25.0 Å². The Labute approximate surface area is 207 Å². The van der Waals surface area contributed by atoms with Crippen molar-refractivity contribution in [2.45, 2.75) is 20.1 Å². The summed E-state index contributed by atoms with van der Waals surface area (Å²) in [7, 11) is 1.73. The number of hydrogen-bond donors (Lipinski definition) is 2. The van der Waals surface area contributed by atoms with Gasteiger partial charge >= 0.3 is 0 Å². The molecule has 1 saturated heterocycles. The average Bonchev–Trinajstić information content (AvgIpc) is 2.80. The molecule has 0 aliphatic carbocycles. The zero-order valence-corrected chi connectivity index (χ0v) is 21.2. The summed E-state index contributed by atoms with van der Waals surface area (Å²) >= 11 is 0. The molecule has 0 spiro atoms. The Balaban J connectivity index is 0.00000363. The molecule has 1 heterocycles. The molecule has 0 radical (unpaired) electrons. The van der Waals surface area contributed by atoms with Crippen molar-refractivity contribution in [2.75, 3.05) is 51.4 Å². The third kappa shape index (κ3) is 8.55. The summed E-state index contributed by atoms with van der Waals surface area (Å²) < 4.78 is 25.7. The summed E-state index contributed by atoms with van der Waals surface area (Å²) in [5, 5.41) is 6.56. The minimum atomic E-state index is -0.201. The van der Waals surface area contributed by atoms with Gasteiger partial charge in [-0.1, -0.05) is 43.3 Å². The summed E-state index contributed by atoms with van der Waals surface area (Å²) in [4.78, 5) is 6.28. The molecule has 2 aromatic carbocycles. The molecule has 3 rings (SSSR count). The molecule has 2 aromatic rings. The number of guanidine groups is 1. The molecule has 32 heavy (non-hydrogen) atoms. The van der Waals surface area contributed by atoms with E-state index in [0.717, 1.165) is 25.2 Å². The topological polar surface area (TPSA) is 58.1 Å². The van der Waals surface area contributed by atoms with Crippen LogP contribution >= 0.6 is 24.0 Å². The second-order valence-corrected chi connectivity index (χ2v) is 7.80. The number of aliphatic imine (C=N–C) groups is 1. The monoisotopic (exact) mass is 556 g/mol. The maximum atomic E-state index is 14.6. The van der Waals surface area contributed by atoms with Crippen LogP contribution in [-0.4, -0.2) is 52.5 Å². The van der Waals surface area contributed by atoms with Crippen molar-refractivity contribution in [1.29, 1.82) is 0 Å². The first kappa shape index (κ1) is 26.3. The van der Waals surface area contributed by atoms with E-state index < -0.39 is 0 Å². The molecule has 8 heteroatoms. The molecule has 176 valence electrons. The van der Waals surface area contributed by atoms with Crippen LogP contribution in [0.4, 0.5) is 10.1 Å². The van der Waals surface area contributed by atoms with Gasteiger partial charge in [0.05, 0.1) is 32.1 Å². The Morgan fingerprint density at radius 3 is 2.56 bits per heavy atom. The number of hydrogen-bond acceptors (Lipinski definition) is 4. The number of nitrogens with zero attached hydrogens (tertiary/aromatic N) is 2. The van der Waals surface area contributed by atoms with Gasteiger partial charge in [0.1, 0.15) is 5.82 Å². The van der Waals surface area contributed by atoms with E-state index in [-0.39, 0.29) is 29.8 Å². The number of rotatable bonds is 9. The van der Waals surface area contributed by atoms with Crippen LogP contribution in [0, 0.1) is 11.7 Å². The molecule has 0 aromatic heterocycles. The van der Waals surface area contributed by atoms with Crippen molar-refractivity contribution >= 4 is 35.6 Å². The highest BCUT2D eigenvalue weighted by atomic mass is 127. The molecular formula is C24H34FIN4O2. The van der Waals surface area contributed by atoms with Crippen LogP contribution < -0.4 is 15.5 Å². The summed E-state index contributed by atoms with van der Waals surface area (Å²) in [6.45, 7) is 7.36. The number of morpholine rings is 1. The first-order chi connectivity index (χ1) is 15.2. The van der Waals surface area contributed by atoms with Crippen molar-refractivity contribution in [3.8, 4) is 0 Å². The molecule has 0 saturated carbocycles. The number of nitrogens with one attached hydrogen (secondary N) is 2. The fraction of sp³-hybridized carbons (Fsp3) is 0.458. The maximum Gasteiger partial charge on any atom is 0.191 e. The lowest BCUT2D eigenvalue weighted by Gasteiger charge is -2.29. The van der Waals surface area contributed by atoms with E-state index in [4.69, 9.17) is 9.47 Å². The minimum Gasteiger partial charge on any atom is -0.378 e. The van der Waals surface area contributed by atoms with Gasteiger partial charge in [0.2, 0.25) is 0 Å². The lowest BCUT2D eigenvalue weighted by Crippen LogP contribution is -2.39. The van der Waals surface area contributed by atoms with E-state index in [1.807, 2.05) is 35.2 Å². The van der Waals surface area contributed by atoms with Crippen LogP contribution in [0.25, 0.3) is 0 Å². The Morgan fingerprint density at radius 1 is 1.12 bits per heavy atom. The fourth-order valence-corrected chi connectivity index (χ4v) is 3.41. The largest absolute Gasteiger partial charge is 0.378 e. The SMILES string of the molecule is CN=C(NCc1ccc(N2CCOCC2)c(F)c1)NCC(C)COCc1ccccc1.I. The lowest BCUT2D eigenvalue weighted by atomic mass is 10.1. The molecule has 1 unspecified atom stereocenters. The fourth-order valence-electron chi connectivity index (χ4n) is 3.41. The zero-order valence-electron chi connectivity index (χ0n) is 18.9. The van der Waals surface area contributed by atoms with E-state index in [1.54, 1.807) is 13.1 Å². The van der Waals surface area contributed by atoms with E-state index in [2.05, 4.69) is 34.7 Å². The van der Waals surface area contributed by atoms with Crippen molar-refractivity contribution in [1.82, 2.24) is 10.6 Å². The summed E-state index contributed by atoms with van der Waals surface area (Å²) in [6.07, 6.45) is 0. The van der Waals surface area contributed by atoms with Gasteiger partial charge in [-0.15, -0.1) is 24.0 Å². The van der Waals surface area contributed by atoms with Crippen molar-refractivity contribution in [3.05, 3.63) is 65.5 Å². The Hall–Kier alpha value is -1.91. The zero-order chi connectivity index (χ0) is 21.9. The van der Waals surface area contributed by atoms with Gasteiger partial charge in [-0.25, -0.2) is 4.39 Å². The van der Waals surface area contributed by atoms with Crippen LogP contribution in [-0.2, 0) is 22.6 Å². The molecule has 1 fully saturated rings. The highest BCUT2D eigenvalue weighted by molar-refractivity contribution is 14.0. The van der Waals surface area contributed by atoms with E-state index >= 15 is 0 Å². The maximum absolute atomic E-state index is 14.6. The first-order valence-corrected chi connectivity index (χ1v) is 10.8. The molecular weight excluding hydrogens is 522 g/mol. The van der Waals surface area contributed by atoms with Crippen molar-refractivity contribution in [2.24, 2.45) is 10.9 Å². The van der Waals surface area contributed by atoms with Gasteiger partial charge in [-0.2, -0.15) is 0 Å². The average molecular weight is 556 g/mol. The third-order valence-electron chi connectivity index (χ3n) is 5.18. The molecule has 6 nitrogen and oxygen atoms in total. The highest BCUT2D eigenvalue weighted by Gasteiger charge is 2.15. The highest BCUT2D eigenvalue weighted by Crippen LogP contribution is 2.21. The van der Waals surface area contributed by atoms with Crippen LogP contribution in [0.3, 0.4) is 0 Å². The standard InChI is InChI=1S/C24H33FN4O2.HI/c1-19(17-31-18-20-6-4-3-5-7-20)15-27-24(26-2)28-16-21-8-9-23(22(25)14-21)29-10-12-30-13-11-29;/h3-9,14,19H,10-13,15-18H2,1-2H3,(H2,26,27,28);1H. The normalized spacial score (nSPS) is 15.1. The smallest absolute Gasteiger partial charge is 0.191 e. The summed E-state index contributed by atoms with van der Waals surface area (Å²) in [5.41, 5.74) is 2.68. The number of anilines is 1. The number of ether oxygens (including phenoxy) is 2. The number of halogens is 2. The van der Waals surface area contributed by atoms with Gasteiger partial charge in [0, 0.05) is 33.2 Å². The molecule has 0 amide bonds. The predicted molar refractivity (Wildman–Crippen MR) is 138 cm³/mol. The quantitative estimate of drug-likeness (QED) is 0.280.